The summed E-state index contributed by atoms with van der Waals surface area (Å²) in [6.07, 6.45) is 3.94. The van der Waals surface area contributed by atoms with E-state index in [9.17, 15) is 4.79 Å². The second kappa shape index (κ2) is 8.53. The first kappa shape index (κ1) is 18.6. The Labute approximate surface area is 164 Å². The fraction of sp³-hybridized carbons (Fsp3) is 0.450. The predicted octanol–water partition coefficient (Wildman–Crippen LogP) is 0.816. The molecule has 0 aromatic carbocycles. The van der Waals surface area contributed by atoms with Gasteiger partial charge in [-0.05, 0) is 50.2 Å². The Hall–Kier alpha value is -2.71. The third-order valence-electron chi connectivity index (χ3n) is 5.28. The minimum Gasteiger partial charge on any atom is -0.367 e. The summed E-state index contributed by atoms with van der Waals surface area (Å²) in [6, 6.07) is 7.88. The number of piperidine rings is 1. The van der Waals surface area contributed by atoms with E-state index in [-0.39, 0.29) is 0 Å². The van der Waals surface area contributed by atoms with Crippen molar-refractivity contribution in [1.29, 1.82) is 0 Å². The lowest BCUT2D eigenvalue weighted by atomic mass is 10.1. The van der Waals surface area contributed by atoms with E-state index in [1.165, 1.54) is 0 Å². The molecule has 0 saturated carbocycles. The molecule has 0 bridgehead atoms. The molecule has 8 nitrogen and oxygen atoms in total. The maximum atomic E-state index is 11.9. The maximum Gasteiger partial charge on any atom is 0.248 e. The van der Waals surface area contributed by atoms with Gasteiger partial charge in [-0.2, -0.15) is 0 Å². The molecule has 2 aromatic rings. The molecule has 28 heavy (non-hydrogen) atoms. The third-order valence-corrected chi connectivity index (χ3v) is 5.28. The van der Waals surface area contributed by atoms with Crippen LogP contribution in [0.3, 0.4) is 0 Å². The molecule has 5 N–H and O–H groups in total. The molecule has 4 heterocycles. The van der Waals surface area contributed by atoms with Crippen LogP contribution in [0, 0.1) is 0 Å². The van der Waals surface area contributed by atoms with Gasteiger partial charge >= 0.3 is 0 Å². The van der Waals surface area contributed by atoms with Gasteiger partial charge in [0, 0.05) is 49.5 Å². The van der Waals surface area contributed by atoms with Crippen LogP contribution in [-0.2, 0) is 0 Å². The number of primary amides is 1. The summed E-state index contributed by atoms with van der Waals surface area (Å²) in [6.45, 7) is 5.55. The molecule has 2 aliphatic rings. The summed E-state index contributed by atoms with van der Waals surface area (Å²) in [5.41, 5.74) is 7.72. The molecule has 0 aliphatic carbocycles. The van der Waals surface area contributed by atoms with Crippen molar-refractivity contribution >= 4 is 17.5 Å². The van der Waals surface area contributed by atoms with Crippen molar-refractivity contribution < 1.29 is 4.79 Å². The van der Waals surface area contributed by atoms with Gasteiger partial charge in [-0.25, -0.2) is 9.97 Å². The first-order chi connectivity index (χ1) is 13.7. The number of carbonyl (C=O) groups excluding carboxylic acids is 1. The second-order valence-corrected chi connectivity index (χ2v) is 7.30. The molecule has 8 heteroatoms. The van der Waals surface area contributed by atoms with Gasteiger partial charge in [0.2, 0.25) is 5.91 Å². The van der Waals surface area contributed by atoms with E-state index in [0.29, 0.717) is 11.6 Å². The second-order valence-electron chi connectivity index (χ2n) is 7.30. The Morgan fingerprint density at radius 2 is 1.86 bits per heavy atom. The topological polar surface area (TPSA) is 108 Å². The number of hydrogen-bond donors (Lipinski definition) is 4. The van der Waals surface area contributed by atoms with E-state index in [1.54, 1.807) is 18.3 Å². The van der Waals surface area contributed by atoms with Gasteiger partial charge < -0.3 is 26.6 Å². The Morgan fingerprint density at radius 3 is 2.61 bits per heavy atom. The number of aromatic nitrogens is 2. The van der Waals surface area contributed by atoms with Crippen LogP contribution >= 0.6 is 0 Å². The Balaban J connectivity index is 1.62. The molecule has 4 rings (SSSR count). The fourth-order valence-electron chi connectivity index (χ4n) is 3.71. The summed E-state index contributed by atoms with van der Waals surface area (Å²) in [4.78, 5) is 23.3. The summed E-state index contributed by atoms with van der Waals surface area (Å²) in [7, 11) is 0. The first-order valence-electron chi connectivity index (χ1n) is 9.90. The zero-order chi connectivity index (χ0) is 19.3. The van der Waals surface area contributed by atoms with E-state index in [0.717, 1.165) is 75.0 Å². The number of nitrogens with one attached hydrogen (secondary N) is 3. The molecule has 0 spiro atoms. The first-order valence-corrected chi connectivity index (χ1v) is 9.90. The van der Waals surface area contributed by atoms with Crippen LogP contribution in [0.5, 0.6) is 0 Å². The van der Waals surface area contributed by atoms with E-state index >= 15 is 0 Å². The van der Waals surface area contributed by atoms with Crippen molar-refractivity contribution in [3.05, 3.63) is 36.0 Å². The number of nitrogens with two attached hydrogens (primary N) is 1. The number of piperazine rings is 1. The Morgan fingerprint density at radius 1 is 1.11 bits per heavy atom. The minimum absolute atomic E-state index is 0.422. The number of anilines is 2. The van der Waals surface area contributed by atoms with Gasteiger partial charge in [0.05, 0.1) is 5.69 Å². The van der Waals surface area contributed by atoms with E-state index in [2.05, 4.69) is 25.8 Å². The average molecular weight is 381 g/mol. The molecular weight excluding hydrogens is 354 g/mol. The predicted molar refractivity (Wildman–Crippen MR) is 111 cm³/mol. The highest BCUT2D eigenvalue weighted by atomic mass is 16.1. The summed E-state index contributed by atoms with van der Waals surface area (Å²) in [5.74, 6) is 1.18. The summed E-state index contributed by atoms with van der Waals surface area (Å²) >= 11 is 0. The van der Waals surface area contributed by atoms with Crippen molar-refractivity contribution in [2.45, 2.75) is 18.9 Å². The highest BCUT2D eigenvalue weighted by molar-refractivity contribution is 5.94. The van der Waals surface area contributed by atoms with Gasteiger partial charge in [-0.1, -0.05) is 0 Å². The molecule has 2 fully saturated rings. The molecule has 148 valence electrons. The number of hydrogen-bond acceptors (Lipinski definition) is 7. The van der Waals surface area contributed by atoms with Crippen molar-refractivity contribution in [2.24, 2.45) is 5.73 Å². The number of pyridine rings is 2. The quantitative estimate of drug-likeness (QED) is 0.607. The van der Waals surface area contributed by atoms with Crippen molar-refractivity contribution in [1.82, 2.24) is 20.6 Å². The van der Waals surface area contributed by atoms with Crippen LogP contribution in [-0.4, -0.2) is 61.2 Å². The van der Waals surface area contributed by atoms with E-state index in [4.69, 9.17) is 10.7 Å². The average Bonchev–Trinajstić information content (AvgIpc) is 2.75. The number of carbonyl (C=O) groups is 1. The van der Waals surface area contributed by atoms with Gasteiger partial charge in [-0.15, -0.1) is 0 Å². The summed E-state index contributed by atoms with van der Waals surface area (Å²) < 4.78 is 0. The summed E-state index contributed by atoms with van der Waals surface area (Å²) in [5, 5.41) is 10.2. The molecule has 0 unspecified atom stereocenters. The lowest BCUT2D eigenvalue weighted by Crippen LogP contribution is -2.44. The van der Waals surface area contributed by atoms with Crippen molar-refractivity contribution in [3.63, 3.8) is 0 Å². The zero-order valence-corrected chi connectivity index (χ0v) is 15.9. The molecular formula is C20H27N7O. The molecule has 0 radical (unpaired) electrons. The minimum atomic E-state index is -0.442. The molecule has 0 atom stereocenters. The monoisotopic (exact) mass is 381 g/mol. The van der Waals surface area contributed by atoms with Crippen LogP contribution in [0.25, 0.3) is 11.3 Å². The third kappa shape index (κ3) is 4.40. The van der Waals surface area contributed by atoms with Crippen molar-refractivity contribution in [3.8, 4) is 11.3 Å². The van der Waals surface area contributed by atoms with Gasteiger partial charge in [0.25, 0.3) is 0 Å². The van der Waals surface area contributed by atoms with E-state index in [1.807, 2.05) is 12.1 Å². The maximum absolute atomic E-state index is 11.9. The highest BCUT2D eigenvalue weighted by Crippen LogP contribution is 2.25. The number of nitrogens with zero attached hydrogens (tertiary/aromatic N) is 3. The van der Waals surface area contributed by atoms with Crippen LogP contribution in [0.1, 0.15) is 23.2 Å². The van der Waals surface area contributed by atoms with Gasteiger partial charge in [-0.3, -0.25) is 4.79 Å². The standard InChI is InChI=1S/C20H27N7O/c21-20(28)15-11-17(26-19(13-15)27-9-7-23-8-10-27)14-1-6-24-18(12-14)25-16-2-4-22-5-3-16/h1,6,11-13,16,22-23H,2-5,7-10H2,(H2,21,28)(H,24,25). The fourth-order valence-corrected chi connectivity index (χ4v) is 3.71. The molecule has 2 saturated heterocycles. The lowest BCUT2D eigenvalue weighted by Gasteiger charge is -2.29. The molecule has 1 amide bonds. The molecule has 2 aromatic heterocycles. The molecule has 2 aliphatic heterocycles. The SMILES string of the molecule is NC(=O)c1cc(-c2ccnc(NC3CCNCC3)c2)nc(N2CCNCC2)c1. The number of rotatable bonds is 5. The highest BCUT2D eigenvalue weighted by Gasteiger charge is 2.17. The zero-order valence-electron chi connectivity index (χ0n) is 15.9. The van der Waals surface area contributed by atoms with E-state index < -0.39 is 5.91 Å². The largest absolute Gasteiger partial charge is 0.367 e. The van der Waals surface area contributed by atoms with Crippen LogP contribution in [0.15, 0.2) is 30.5 Å². The normalized spacial score (nSPS) is 18.1. The van der Waals surface area contributed by atoms with Gasteiger partial charge in [0.15, 0.2) is 0 Å². The number of amides is 1. The Bertz CT molecular complexity index is 829. The van der Waals surface area contributed by atoms with Gasteiger partial charge in [0.1, 0.15) is 11.6 Å². The van der Waals surface area contributed by atoms with Crippen LogP contribution < -0.4 is 26.6 Å². The Kier molecular flexibility index (Phi) is 5.68. The lowest BCUT2D eigenvalue weighted by molar-refractivity contribution is 0.1000. The van der Waals surface area contributed by atoms with Crippen molar-refractivity contribution in [2.75, 3.05) is 49.5 Å². The van der Waals surface area contributed by atoms with Crippen LogP contribution in [0.2, 0.25) is 0 Å². The van der Waals surface area contributed by atoms with Crippen LogP contribution in [0.4, 0.5) is 11.6 Å². The smallest absolute Gasteiger partial charge is 0.248 e.